The quantitative estimate of drug-likeness (QED) is 0.851. The van der Waals surface area contributed by atoms with E-state index in [1.807, 2.05) is 13.0 Å². The van der Waals surface area contributed by atoms with E-state index in [0.717, 1.165) is 43.2 Å². The lowest BCUT2D eigenvalue weighted by molar-refractivity contribution is -0.134. The van der Waals surface area contributed by atoms with Gasteiger partial charge in [-0.3, -0.25) is 4.79 Å². The van der Waals surface area contributed by atoms with E-state index in [-0.39, 0.29) is 6.04 Å². The zero-order valence-electron chi connectivity index (χ0n) is 12.0. The van der Waals surface area contributed by atoms with E-state index < -0.39 is 0 Å². The Bertz CT molecular complexity index is 520. The Morgan fingerprint density at radius 1 is 1.35 bits per heavy atom. The normalized spacial score (nSPS) is 33.2. The molecule has 4 heteroatoms. The molecule has 4 rings (SSSR count). The molecule has 2 heterocycles. The number of nitrogens with zero attached hydrogens (tertiary/aromatic N) is 2. The average Bonchev–Trinajstić information content (AvgIpc) is 2.82. The zero-order valence-corrected chi connectivity index (χ0v) is 12.0. The number of rotatable bonds is 3. The van der Waals surface area contributed by atoms with Crippen LogP contribution in [0.1, 0.15) is 56.0 Å². The highest BCUT2D eigenvalue weighted by atomic mass is 16.5. The van der Waals surface area contributed by atoms with Gasteiger partial charge in [0, 0.05) is 18.5 Å². The van der Waals surface area contributed by atoms with Gasteiger partial charge in [-0.15, -0.1) is 0 Å². The molecule has 2 saturated carbocycles. The van der Waals surface area contributed by atoms with Crippen molar-refractivity contribution >= 4 is 5.91 Å². The molecular formula is C16H22N2O2. The second-order valence-electron chi connectivity index (χ2n) is 6.76. The van der Waals surface area contributed by atoms with Crippen molar-refractivity contribution in [1.29, 1.82) is 0 Å². The number of amides is 1. The van der Waals surface area contributed by atoms with Crippen LogP contribution < -0.4 is 0 Å². The minimum Gasteiger partial charge on any atom is -0.359 e. The van der Waals surface area contributed by atoms with Crippen LogP contribution in [0.25, 0.3) is 0 Å². The number of carbonyl (C=O) groups excluding carboxylic acids is 1. The summed E-state index contributed by atoms with van der Waals surface area (Å²) in [5, 5.41) is 3.97. The van der Waals surface area contributed by atoms with Crippen LogP contribution in [0.15, 0.2) is 10.6 Å². The molecule has 0 spiro atoms. The van der Waals surface area contributed by atoms with Gasteiger partial charge in [0.25, 0.3) is 0 Å². The maximum absolute atomic E-state index is 12.7. The molecule has 20 heavy (non-hydrogen) atoms. The summed E-state index contributed by atoms with van der Waals surface area (Å²) in [5.74, 6) is 3.09. The summed E-state index contributed by atoms with van der Waals surface area (Å²) in [6.07, 6.45) is 7.28. The van der Waals surface area contributed by atoms with Crippen LogP contribution in [-0.2, 0) is 4.79 Å². The molecule has 1 aromatic heterocycles. The third kappa shape index (κ3) is 1.97. The Kier molecular flexibility index (Phi) is 2.86. The number of carbonyl (C=O) groups is 1. The van der Waals surface area contributed by atoms with E-state index in [1.165, 1.54) is 19.3 Å². The molecule has 1 saturated heterocycles. The number of likely N-dealkylation sites (tertiary alicyclic amines) is 1. The van der Waals surface area contributed by atoms with Gasteiger partial charge >= 0.3 is 0 Å². The lowest BCUT2D eigenvalue weighted by Gasteiger charge is -2.27. The van der Waals surface area contributed by atoms with Crippen molar-refractivity contribution in [3.63, 3.8) is 0 Å². The Morgan fingerprint density at radius 3 is 2.85 bits per heavy atom. The summed E-state index contributed by atoms with van der Waals surface area (Å²) in [4.78, 5) is 14.8. The van der Waals surface area contributed by atoms with Crippen molar-refractivity contribution in [1.82, 2.24) is 10.1 Å². The van der Waals surface area contributed by atoms with Crippen molar-refractivity contribution in [2.24, 2.45) is 17.8 Å². The van der Waals surface area contributed by atoms with E-state index in [9.17, 15) is 4.79 Å². The van der Waals surface area contributed by atoms with E-state index in [1.54, 1.807) is 0 Å². The van der Waals surface area contributed by atoms with Crippen molar-refractivity contribution < 1.29 is 9.32 Å². The van der Waals surface area contributed by atoms with Gasteiger partial charge in [-0.05, 0) is 38.0 Å². The number of hydrogen-bond donors (Lipinski definition) is 0. The lowest BCUT2D eigenvalue weighted by Crippen LogP contribution is -2.32. The molecule has 1 aromatic rings. The summed E-state index contributed by atoms with van der Waals surface area (Å²) in [5.41, 5.74) is 0.901. The fourth-order valence-electron chi connectivity index (χ4n) is 3.97. The molecule has 4 nitrogen and oxygen atoms in total. The van der Waals surface area contributed by atoms with Crippen LogP contribution in [0, 0.1) is 24.7 Å². The van der Waals surface area contributed by atoms with E-state index in [4.69, 9.17) is 4.52 Å². The maximum atomic E-state index is 12.7. The largest absolute Gasteiger partial charge is 0.359 e. The highest BCUT2D eigenvalue weighted by molar-refractivity contribution is 5.82. The Labute approximate surface area is 119 Å². The summed E-state index contributed by atoms with van der Waals surface area (Å²) >= 11 is 0. The summed E-state index contributed by atoms with van der Waals surface area (Å²) in [6.45, 7) is 2.82. The molecule has 1 amide bonds. The first-order valence-corrected chi connectivity index (χ1v) is 7.98. The molecule has 3 fully saturated rings. The second-order valence-corrected chi connectivity index (χ2v) is 6.76. The molecule has 1 aliphatic heterocycles. The summed E-state index contributed by atoms with van der Waals surface area (Å²) in [6, 6.07) is 2.11. The molecule has 3 atom stereocenters. The van der Waals surface area contributed by atoms with E-state index in [2.05, 4.69) is 10.1 Å². The molecule has 0 N–H and O–H groups in total. The van der Waals surface area contributed by atoms with Gasteiger partial charge < -0.3 is 9.42 Å². The first-order chi connectivity index (χ1) is 9.74. The van der Waals surface area contributed by atoms with Crippen LogP contribution in [0.5, 0.6) is 0 Å². The van der Waals surface area contributed by atoms with Crippen LogP contribution in [-0.4, -0.2) is 22.5 Å². The third-order valence-corrected chi connectivity index (χ3v) is 5.42. The molecule has 3 aliphatic rings. The highest BCUT2D eigenvalue weighted by Crippen LogP contribution is 2.53. The van der Waals surface area contributed by atoms with E-state index >= 15 is 0 Å². The van der Waals surface area contributed by atoms with Gasteiger partial charge in [-0.2, -0.15) is 0 Å². The van der Waals surface area contributed by atoms with Gasteiger partial charge in [0.15, 0.2) is 5.76 Å². The Balaban J connectivity index is 1.45. The second kappa shape index (κ2) is 4.61. The minimum atomic E-state index is 0.131. The summed E-state index contributed by atoms with van der Waals surface area (Å²) in [7, 11) is 0. The smallest absolute Gasteiger partial charge is 0.226 e. The summed E-state index contributed by atoms with van der Waals surface area (Å²) < 4.78 is 5.39. The van der Waals surface area contributed by atoms with Crippen molar-refractivity contribution in [3.8, 4) is 0 Å². The molecular weight excluding hydrogens is 252 g/mol. The van der Waals surface area contributed by atoms with Crippen LogP contribution >= 0.6 is 0 Å². The first-order valence-electron chi connectivity index (χ1n) is 7.98. The maximum Gasteiger partial charge on any atom is 0.226 e. The lowest BCUT2D eigenvalue weighted by atomic mass is 9.81. The number of hydrogen-bond acceptors (Lipinski definition) is 3. The van der Waals surface area contributed by atoms with Crippen LogP contribution in [0.3, 0.4) is 0 Å². The molecule has 0 unspecified atom stereocenters. The predicted octanol–water partition coefficient (Wildman–Crippen LogP) is 3.08. The fraction of sp³-hybridized carbons (Fsp3) is 0.750. The van der Waals surface area contributed by atoms with Gasteiger partial charge in [0.05, 0.1) is 11.7 Å². The third-order valence-electron chi connectivity index (χ3n) is 5.42. The topological polar surface area (TPSA) is 46.3 Å². The van der Waals surface area contributed by atoms with E-state index in [0.29, 0.717) is 17.7 Å². The predicted molar refractivity (Wildman–Crippen MR) is 73.9 cm³/mol. The standard InChI is InChI=1S/C16H22N2O2/c1-10-8-15(20-17-10)14-6-3-7-18(14)16(19)13-9-12(13)11-4-2-5-11/h8,11-14H,2-7,9H2,1H3/t12-,13-,14+/m1/s1. The van der Waals surface area contributed by atoms with Crippen molar-refractivity contribution in [2.45, 2.75) is 51.5 Å². The zero-order chi connectivity index (χ0) is 13.7. The van der Waals surface area contributed by atoms with Gasteiger partial charge in [-0.1, -0.05) is 24.4 Å². The molecule has 0 aromatic carbocycles. The monoisotopic (exact) mass is 274 g/mol. The fourth-order valence-corrected chi connectivity index (χ4v) is 3.97. The van der Waals surface area contributed by atoms with Crippen molar-refractivity contribution in [2.75, 3.05) is 6.54 Å². The minimum absolute atomic E-state index is 0.131. The van der Waals surface area contributed by atoms with Crippen molar-refractivity contribution in [3.05, 3.63) is 17.5 Å². The molecule has 0 radical (unpaired) electrons. The highest BCUT2D eigenvalue weighted by Gasteiger charge is 2.51. The molecule has 108 valence electrons. The number of aryl methyl sites for hydroxylation is 1. The first kappa shape index (κ1) is 12.4. The Morgan fingerprint density at radius 2 is 2.20 bits per heavy atom. The number of aromatic nitrogens is 1. The van der Waals surface area contributed by atoms with Crippen LogP contribution in [0.4, 0.5) is 0 Å². The Hall–Kier alpha value is -1.32. The SMILES string of the molecule is Cc1cc([C@@H]2CCCN2C(=O)[C@@H]2C[C@@H]2C2CCC2)on1. The van der Waals surface area contributed by atoms with Crippen LogP contribution in [0.2, 0.25) is 0 Å². The van der Waals surface area contributed by atoms with Gasteiger partial charge in [0.1, 0.15) is 0 Å². The van der Waals surface area contributed by atoms with Gasteiger partial charge in [0.2, 0.25) is 5.91 Å². The molecule has 0 bridgehead atoms. The average molecular weight is 274 g/mol. The van der Waals surface area contributed by atoms with Gasteiger partial charge in [-0.25, -0.2) is 0 Å². The molecule has 2 aliphatic carbocycles.